The van der Waals surface area contributed by atoms with Crippen molar-refractivity contribution >= 4 is 17.7 Å². The molecule has 0 bridgehead atoms. The molecular weight excluding hydrogens is 599 g/mol. The smallest absolute Gasteiger partial charge is 0.453 e. The summed E-state index contributed by atoms with van der Waals surface area (Å²) in [5.41, 5.74) is 2.39. The van der Waals surface area contributed by atoms with E-state index in [0.29, 0.717) is 12.8 Å². The number of benzene rings is 2. The highest BCUT2D eigenvalue weighted by Gasteiger charge is 2.56. The molecule has 2 aromatic rings. The first-order chi connectivity index (χ1) is 20.8. The molecule has 10 heteroatoms. The predicted molar refractivity (Wildman–Crippen MR) is 164 cm³/mol. The number of hydrogen-bond acceptors (Lipinski definition) is 4. The molecular formula is C34H45F5O4S. The Morgan fingerprint density at radius 1 is 0.864 bits per heavy atom. The third kappa shape index (κ3) is 9.51. The molecule has 0 aromatic heterocycles. The minimum atomic E-state index is -5.57. The zero-order valence-electron chi connectivity index (χ0n) is 25.4. The summed E-state index contributed by atoms with van der Waals surface area (Å²) in [5.74, 6) is -4.79. The number of fused-ring (bicyclic) bond motifs is 1. The molecule has 0 radical (unpaired) electrons. The average Bonchev–Trinajstić information content (AvgIpc) is 2.96. The van der Waals surface area contributed by atoms with Crippen LogP contribution in [0.3, 0.4) is 0 Å². The standard InChI is InChI=1S/C34H45F5O4S/c1-2-32(25-15-17-26(40)18-16-25)23-44-30-22-27(41)19-20-28(30)29(32)14-9-7-5-3-4-6-8-12-24(31(42)43)13-10-11-21-33(35,36)34(37,38)39/h15-20,22,24,29,40-41H,2-14,21,23H2,1H3,(H,42,43)/t24?,29-,32-/m1/s1. The van der Waals surface area contributed by atoms with E-state index in [9.17, 15) is 42.1 Å². The zero-order chi connectivity index (χ0) is 32.4. The van der Waals surface area contributed by atoms with Crippen LogP contribution in [0.4, 0.5) is 22.0 Å². The third-order valence-corrected chi connectivity index (χ3v) is 10.5. The van der Waals surface area contributed by atoms with Crippen molar-refractivity contribution < 1.29 is 42.1 Å². The lowest BCUT2D eigenvalue weighted by molar-refractivity contribution is -0.284. The summed E-state index contributed by atoms with van der Waals surface area (Å²) in [7, 11) is 0. The maximum atomic E-state index is 13.1. The maximum Gasteiger partial charge on any atom is 0.453 e. The number of carbonyl (C=O) groups is 1. The monoisotopic (exact) mass is 644 g/mol. The van der Waals surface area contributed by atoms with E-state index >= 15 is 0 Å². The van der Waals surface area contributed by atoms with Gasteiger partial charge in [-0.2, -0.15) is 22.0 Å². The van der Waals surface area contributed by atoms with Crippen LogP contribution in [0.5, 0.6) is 11.5 Å². The summed E-state index contributed by atoms with van der Waals surface area (Å²) < 4.78 is 63.0. The number of unbranched alkanes of at least 4 members (excludes halogenated alkanes) is 7. The molecule has 0 amide bonds. The number of carboxylic acid groups (broad SMARTS) is 1. The van der Waals surface area contributed by atoms with Crippen molar-refractivity contribution in [3.63, 3.8) is 0 Å². The van der Waals surface area contributed by atoms with E-state index in [1.165, 1.54) is 11.1 Å². The Hall–Kier alpha value is -2.49. The lowest BCUT2D eigenvalue weighted by Crippen LogP contribution is -2.38. The number of phenolic OH excluding ortho intramolecular Hbond substituents is 2. The summed E-state index contributed by atoms with van der Waals surface area (Å²) in [4.78, 5) is 12.7. The molecule has 1 aliphatic heterocycles. The van der Waals surface area contributed by atoms with Crippen LogP contribution in [0, 0.1) is 5.92 Å². The van der Waals surface area contributed by atoms with E-state index in [4.69, 9.17) is 0 Å². The minimum Gasteiger partial charge on any atom is -0.508 e. The molecule has 0 fully saturated rings. The molecule has 0 saturated carbocycles. The number of aliphatic carboxylic acids is 1. The summed E-state index contributed by atoms with van der Waals surface area (Å²) in [6.07, 6.45) is 1.92. The van der Waals surface area contributed by atoms with E-state index in [1.54, 1.807) is 30.0 Å². The van der Waals surface area contributed by atoms with Crippen LogP contribution >= 0.6 is 11.8 Å². The third-order valence-electron chi connectivity index (χ3n) is 9.20. The molecule has 3 rings (SSSR count). The Morgan fingerprint density at radius 3 is 2.02 bits per heavy atom. The van der Waals surface area contributed by atoms with Gasteiger partial charge in [0.15, 0.2) is 0 Å². The number of halogens is 5. The van der Waals surface area contributed by atoms with E-state index in [2.05, 4.69) is 13.0 Å². The Morgan fingerprint density at radius 2 is 1.43 bits per heavy atom. The summed E-state index contributed by atoms with van der Waals surface area (Å²) in [6, 6.07) is 13.2. The summed E-state index contributed by atoms with van der Waals surface area (Å²) in [6.45, 7) is 2.22. The number of carboxylic acids is 1. The number of phenols is 2. The molecule has 1 unspecified atom stereocenters. The van der Waals surface area contributed by atoms with Gasteiger partial charge in [-0.3, -0.25) is 4.79 Å². The van der Waals surface area contributed by atoms with E-state index in [1.807, 2.05) is 18.2 Å². The highest BCUT2D eigenvalue weighted by Crippen LogP contribution is 2.54. The van der Waals surface area contributed by atoms with Crippen LogP contribution < -0.4 is 0 Å². The average molecular weight is 645 g/mol. The molecule has 4 nitrogen and oxygen atoms in total. The number of rotatable bonds is 18. The van der Waals surface area contributed by atoms with Gasteiger partial charge >= 0.3 is 18.1 Å². The van der Waals surface area contributed by atoms with Gasteiger partial charge in [0.05, 0.1) is 5.92 Å². The first kappa shape index (κ1) is 36.0. The zero-order valence-corrected chi connectivity index (χ0v) is 26.2. The minimum absolute atomic E-state index is 0.0278. The second-order valence-electron chi connectivity index (χ2n) is 12.2. The van der Waals surface area contributed by atoms with Crippen molar-refractivity contribution in [3.8, 4) is 11.5 Å². The second-order valence-corrected chi connectivity index (χ2v) is 13.2. The van der Waals surface area contributed by atoms with E-state index < -0.39 is 30.4 Å². The van der Waals surface area contributed by atoms with Crippen LogP contribution in [0.25, 0.3) is 0 Å². The maximum absolute atomic E-state index is 13.1. The predicted octanol–water partition coefficient (Wildman–Crippen LogP) is 10.6. The van der Waals surface area contributed by atoms with Crippen LogP contribution in [0.2, 0.25) is 0 Å². The quantitative estimate of drug-likeness (QED) is 0.111. The SMILES string of the molecule is CC[C@]1(c2ccc(O)cc2)CSc2cc(O)ccc2[C@H]1CCCCCCCCCC(CCCCC(F)(F)C(F)(F)F)C(=O)O. The number of hydrogen-bond donors (Lipinski definition) is 3. The molecule has 1 aliphatic rings. The van der Waals surface area contributed by atoms with Crippen LogP contribution in [-0.2, 0) is 10.2 Å². The lowest BCUT2D eigenvalue weighted by Gasteiger charge is -2.45. The molecule has 246 valence electrons. The van der Waals surface area contributed by atoms with Crippen molar-refractivity contribution in [2.24, 2.45) is 5.92 Å². The van der Waals surface area contributed by atoms with Crippen molar-refractivity contribution in [3.05, 3.63) is 53.6 Å². The van der Waals surface area contributed by atoms with Gasteiger partial charge in [0, 0.05) is 22.5 Å². The Kier molecular flexibility index (Phi) is 13.2. The van der Waals surface area contributed by atoms with Crippen molar-refractivity contribution in [1.29, 1.82) is 0 Å². The molecule has 0 spiro atoms. The number of alkyl halides is 5. The Bertz CT molecular complexity index is 1190. The molecule has 0 saturated heterocycles. The van der Waals surface area contributed by atoms with Crippen molar-refractivity contribution in [1.82, 2.24) is 0 Å². The van der Waals surface area contributed by atoms with Crippen LogP contribution in [0.15, 0.2) is 47.4 Å². The van der Waals surface area contributed by atoms with Gasteiger partial charge in [-0.05, 0) is 73.4 Å². The first-order valence-electron chi connectivity index (χ1n) is 15.7. The van der Waals surface area contributed by atoms with E-state index in [-0.39, 0.29) is 42.1 Å². The lowest BCUT2D eigenvalue weighted by atomic mass is 9.65. The number of thioether (sulfide) groups is 1. The topological polar surface area (TPSA) is 77.8 Å². The van der Waals surface area contributed by atoms with Gasteiger partial charge in [-0.1, -0.05) is 76.5 Å². The highest BCUT2D eigenvalue weighted by atomic mass is 32.2. The Balaban J connectivity index is 1.42. The fraction of sp³-hybridized carbons (Fsp3) is 0.618. The van der Waals surface area contributed by atoms with Crippen molar-refractivity contribution in [2.75, 3.05) is 5.75 Å². The first-order valence-corrected chi connectivity index (χ1v) is 16.7. The van der Waals surface area contributed by atoms with Crippen molar-refractivity contribution in [2.45, 2.75) is 125 Å². The van der Waals surface area contributed by atoms with Gasteiger partial charge in [0.25, 0.3) is 0 Å². The van der Waals surface area contributed by atoms with Gasteiger partial charge in [0.2, 0.25) is 0 Å². The van der Waals surface area contributed by atoms with Crippen LogP contribution in [0.1, 0.15) is 114 Å². The second kappa shape index (κ2) is 16.2. The molecule has 2 aromatic carbocycles. The van der Waals surface area contributed by atoms with Gasteiger partial charge in [0.1, 0.15) is 11.5 Å². The molecule has 44 heavy (non-hydrogen) atoms. The summed E-state index contributed by atoms with van der Waals surface area (Å²) >= 11 is 1.77. The van der Waals surface area contributed by atoms with E-state index in [0.717, 1.165) is 62.0 Å². The molecule has 3 atom stereocenters. The number of aromatic hydroxyl groups is 2. The fourth-order valence-corrected chi connectivity index (χ4v) is 8.06. The highest BCUT2D eigenvalue weighted by molar-refractivity contribution is 7.99. The Labute approximate surface area is 261 Å². The van der Waals surface area contributed by atoms with Gasteiger partial charge in [-0.25, -0.2) is 0 Å². The van der Waals surface area contributed by atoms with Gasteiger partial charge < -0.3 is 15.3 Å². The summed E-state index contributed by atoms with van der Waals surface area (Å²) in [5, 5.41) is 29.4. The molecule has 1 heterocycles. The molecule has 0 aliphatic carbocycles. The normalized spacial score (nSPS) is 19.5. The van der Waals surface area contributed by atoms with Gasteiger partial charge in [-0.15, -0.1) is 11.8 Å². The van der Waals surface area contributed by atoms with Crippen LogP contribution in [-0.4, -0.2) is 39.1 Å². The largest absolute Gasteiger partial charge is 0.508 e. The fourth-order valence-electron chi connectivity index (χ4n) is 6.50. The molecule has 3 N–H and O–H groups in total.